The smallest absolute Gasteiger partial charge is 0.371 e. The first-order valence-electron chi connectivity index (χ1n) is 10.4. The first-order valence-corrected chi connectivity index (χ1v) is 12.0. The maximum absolute atomic E-state index is 13.3. The summed E-state index contributed by atoms with van der Waals surface area (Å²) >= 11 is 0. The molecule has 4 N–H and O–H groups in total. The lowest BCUT2D eigenvalue weighted by atomic mass is 10.2. The molecule has 1 heterocycles. The fourth-order valence-electron chi connectivity index (χ4n) is 2.93. The number of carbonyl (C=O) groups is 1. The molecular formula is C22H23F3N6O3S. The monoisotopic (exact) mass is 508 g/mol. The van der Waals surface area contributed by atoms with E-state index in [2.05, 4.69) is 31.2 Å². The molecule has 1 amide bonds. The average molecular weight is 509 g/mol. The van der Waals surface area contributed by atoms with Crippen molar-refractivity contribution in [1.82, 2.24) is 15.3 Å². The van der Waals surface area contributed by atoms with E-state index in [1.165, 1.54) is 19.1 Å². The Bertz CT molecular complexity index is 1270. The molecule has 0 saturated carbocycles. The second kappa shape index (κ2) is 11.0. The Labute approximate surface area is 200 Å². The van der Waals surface area contributed by atoms with Crippen LogP contribution in [0, 0.1) is 0 Å². The minimum atomic E-state index is -4.68. The van der Waals surface area contributed by atoms with E-state index in [1.807, 2.05) is 0 Å². The standard InChI is InChI=1S/C22H23F3N6O3S/c1-15(32)26-10-11-27-20-19(22(23,24)25)13-28-21(31-20)30-17-7-5-6-16(12-17)29-14-35(33,34)18-8-3-2-4-9-18/h2-9,12-13,29H,10-11,14H2,1H3,(H,26,32)(H2,27,28,30,31). The maximum Gasteiger partial charge on any atom is 0.421 e. The molecular weight excluding hydrogens is 485 g/mol. The van der Waals surface area contributed by atoms with Crippen LogP contribution in [0.4, 0.5) is 36.3 Å². The number of halogens is 3. The molecule has 1 aromatic heterocycles. The summed E-state index contributed by atoms with van der Waals surface area (Å²) in [5.74, 6) is -1.20. The third-order valence-electron chi connectivity index (χ3n) is 4.57. The Morgan fingerprint density at radius 1 is 0.971 bits per heavy atom. The second-order valence-corrected chi connectivity index (χ2v) is 9.31. The normalized spacial score (nSPS) is 11.5. The summed E-state index contributed by atoms with van der Waals surface area (Å²) in [5, 5.41) is 10.7. The first-order chi connectivity index (χ1) is 16.5. The molecule has 2 aromatic carbocycles. The summed E-state index contributed by atoms with van der Waals surface area (Å²) in [6.07, 6.45) is -4.02. The van der Waals surface area contributed by atoms with Crippen LogP contribution in [0.15, 0.2) is 65.7 Å². The number of nitrogens with zero attached hydrogens (tertiary/aromatic N) is 2. The minimum absolute atomic E-state index is 0.0222. The Morgan fingerprint density at radius 3 is 2.37 bits per heavy atom. The zero-order valence-corrected chi connectivity index (χ0v) is 19.4. The van der Waals surface area contributed by atoms with Crippen LogP contribution in [0.2, 0.25) is 0 Å². The summed E-state index contributed by atoms with van der Waals surface area (Å²) in [4.78, 5) is 18.8. The summed E-state index contributed by atoms with van der Waals surface area (Å²) < 4.78 is 64.9. The highest BCUT2D eigenvalue weighted by Gasteiger charge is 2.35. The van der Waals surface area contributed by atoms with Gasteiger partial charge in [0.15, 0.2) is 9.84 Å². The van der Waals surface area contributed by atoms with Crippen LogP contribution < -0.4 is 21.3 Å². The molecule has 0 atom stereocenters. The third-order valence-corrected chi connectivity index (χ3v) is 6.09. The van der Waals surface area contributed by atoms with Gasteiger partial charge < -0.3 is 21.3 Å². The molecule has 35 heavy (non-hydrogen) atoms. The van der Waals surface area contributed by atoms with Gasteiger partial charge in [-0.2, -0.15) is 18.2 Å². The van der Waals surface area contributed by atoms with Gasteiger partial charge in [-0.3, -0.25) is 4.79 Å². The molecule has 186 valence electrons. The van der Waals surface area contributed by atoms with Gasteiger partial charge in [0.1, 0.15) is 17.3 Å². The molecule has 9 nitrogen and oxygen atoms in total. The van der Waals surface area contributed by atoms with E-state index in [0.29, 0.717) is 17.6 Å². The van der Waals surface area contributed by atoms with Gasteiger partial charge in [0.05, 0.1) is 4.90 Å². The Morgan fingerprint density at radius 2 is 1.69 bits per heavy atom. The Kier molecular flexibility index (Phi) is 8.12. The number of benzene rings is 2. The minimum Gasteiger partial charge on any atom is -0.371 e. The fourth-order valence-corrected chi connectivity index (χ4v) is 4.02. The molecule has 0 radical (unpaired) electrons. The van der Waals surface area contributed by atoms with E-state index in [9.17, 15) is 26.4 Å². The Hall–Kier alpha value is -3.87. The quantitative estimate of drug-likeness (QED) is 0.306. The maximum atomic E-state index is 13.3. The molecule has 3 aromatic rings. The zero-order chi connectivity index (χ0) is 25.5. The number of sulfone groups is 1. The highest BCUT2D eigenvalue weighted by Crippen LogP contribution is 2.34. The van der Waals surface area contributed by atoms with E-state index in [0.717, 1.165) is 0 Å². The van der Waals surface area contributed by atoms with E-state index in [-0.39, 0.29) is 35.7 Å². The molecule has 0 bridgehead atoms. The number of hydrogen-bond acceptors (Lipinski definition) is 8. The Balaban J connectivity index is 1.72. The van der Waals surface area contributed by atoms with Gasteiger partial charge in [0, 0.05) is 37.6 Å². The van der Waals surface area contributed by atoms with Crippen LogP contribution >= 0.6 is 0 Å². The van der Waals surface area contributed by atoms with Crippen LogP contribution in [-0.4, -0.2) is 43.3 Å². The van der Waals surface area contributed by atoms with Crippen LogP contribution in [0.1, 0.15) is 12.5 Å². The lowest BCUT2D eigenvalue weighted by Gasteiger charge is -2.15. The van der Waals surface area contributed by atoms with Gasteiger partial charge in [-0.25, -0.2) is 13.4 Å². The summed E-state index contributed by atoms with van der Waals surface area (Å²) in [7, 11) is -3.57. The number of nitrogens with one attached hydrogen (secondary N) is 4. The summed E-state index contributed by atoms with van der Waals surface area (Å²) in [6, 6.07) is 14.5. The van der Waals surface area contributed by atoms with Crippen molar-refractivity contribution in [2.24, 2.45) is 0 Å². The van der Waals surface area contributed by atoms with Gasteiger partial charge in [-0.05, 0) is 30.3 Å². The zero-order valence-electron chi connectivity index (χ0n) is 18.6. The summed E-state index contributed by atoms with van der Waals surface area (Å²) in [6.45, 7) is 1.43. The van der Waals surface area contributed by atoms with Crippen molar-refractivity contribution in [2.45, 2.75) is 18.0 Å². The first kappa shape index (κ1) is 25.7. The largest absolute Gasteiger partial charge is 0.421 e. The predicted octanol–water partition coefficient (Wildman–Crippen LogP) is 3.63. The van der Waals surface area contributed by atoms with Crippen molar-refractivity contribution in [2.75, 3.05) is 34.9 Å². The molecule has 0 aliphatic rings. The molecule has 0 aliphatic carbocycles. The molecule has 0 aliphatic heterocycles. The number of rotatable bonds is 10. The topological polar surface area (TPSA) is 125 Å². The number of anilines is 4. The molecule has 3 rings (SSSR count). The molecule has 0 spiro atoms. The van der Waals surface area contributed by atoms with Crippen molar-refractivity contribution in [3.8, 4) is 0 Å². The summed E-state index contributed by atoms with van der Waals surface area (Å²) in [5.41, 5.74) is -0.154. The van der Waals surface area contributed by atoms with Crippen LogP contribution in [0.5, 0.6) is 0 Å². The van der Waals surface area contributed by atoms with Crippen LogP contribution in [-0.2, 0) is 20.8 Å². The molecule has 13 heteroatoms. The second-order valence-electron chi connectivity index (χ2n) is 7.32. The van der Waals surface area contributed by atoms with Crippen molar-refractivity contribution in [3.63, 3.8) is 0 Å². The van der Waals surface area contributed by atoms with Crippen LogP contribution in [0.3, 0.4) is 0 Å². The highest BCUT2D eigenvalue weighted by molar-refractivity contribution is 7.91. The SMILES string of the molecule is CC(=O)NCCNc1nc(Nc2cccc(NCS(=O)(=O)c3ccccc3)c2)ncc1C(F)(F)F. The predicted molar refractivity (Wildman–Crippen MR) is 126 cm³/mol. The lowest BCUT2D eigenvalue weighted by molar-refractivity contribution is -0.137. The van der Waals surface area contributed by atoms with Gasteiger partial charge in [0.2, 0.25) is 11.9 Å². The van der Waals surface area contributed by atoms with Gasteiger partial charge in [-0.1, -0.05) is 24.3 Å². The van der Waals surface area contributed by atoms with E-state index < -0.39 is 27.4 Å². The van der Waals surface area contributed by atoms with Gasteiger partial charge >= 0.3 is 6.18 Å². The van der Waals surface area contributed by atoms with Crippen molar-refractivity contribution < 1.29 is 26.4 Å². The lowest BCUT2D eigenvalue weighted by Crippen LogP contribution is -2.27. The number of hydrogen-bond donors (Lipinski definition) is 4. The van der Waals surface area contributed by atoms with Crippen molar-refractivity contribution >= 4 is 38.9 Å². The van der Waals surface area contributed by atoms with E-state index >= 15 is 0 Å². The molecule has 0 fully saturated rings. The number of carbonyl (C=O) groups excluding carboxylic acids is 1. The number of alkyl halides is 3. The van der Waals surface area contributed by atoms with Gasteiger partial charge in [-0.15, -0.1) is 0 Å². The highest BCUT2D eigenvalue weighted by atomic mass is 32.2. The number of aromatic nitrogens is 2. The van der Waals surface area contributed by atoms with Gasteiger partial charge in [0.25, 0.3) is 0 Å². The van der Waals surface area contributed by atoms with E-state index in [4.69, 9.17) is 0 Å². The molecule has 0 unspecified atom stereocenters. The van der Waals surface area contributed by atoms with Crippen molar-refractivity contribution in [3.05, 3.63) is 66.4 Å². The fraction of sp³-hybridized carbons (Fsp3) is 0.227. The number of amides is 1. The van der Waals surface area contributed by atoms with Crippen LogP contribution in [0.25, 0.3) is 0 Å². The third kappa shape index (κ3) is 7.57. The molecule has 0 saturated heterocycles. The van der Waals surface area contributed by atoms with E-state index in [1.54, 1.807) is 42.5 Å². The van der Waals surface area contributed by atoms with Crippen molar-refractivity contribution in [1.29, 1.82) is 0 Å². The average Bonchev–Trinajstić information content (AvgIpc) is 2.81.